The second-order valence-corrected chi connectivity index (χ2v) is 8.66. The molecule has 0 bridgehead atoms. The van der Waals surface area contributed by atoms with E-state index >= 15 is 0 Å². The second kappa shape index (κ2) is 6.77. The van der Waals surface area contributed by atoms with Gasteiger partial charge in [0.2, 0.25) is 0 Å². The van der Waals surface area contributed by atoms with Crippen molar-refractivity contribution in [3.05, 3.63) is 22.4 Å². The van der Waals surface area contributed by atoms with Crippen LogP contribution in [-0.2, 0) is 6.42 Å². The number of rotatable bonds is 4. The van der Waals surface area contributed by atoms with E-state index in [-0.39, 0.29) is 6.61 Å². The van der Waals surface area contributed by atoms with Crippen LogP contribution in [0.5, 0.6) is 23.0 Å². The lowest BCUT2D eigenvalue weighted by atomic mass is 10.1. The highest BCUT2D eigenvalue weighted by atomic mass is 32.1. The van der Waals surface area contributed by atoms with Gasteiger partial charge in [0.05, 0.1) is 14.6 Å². The smallest absolute Gasteiger partial charge is 0.180 e. The SMILES string of the molecule is OCCc1cc(-c2scc3c2OCCO3)sc1-c1scc2c1OCCO2. The van der Waals surface area contributed by atoms with E-state index in [9.17, 15) is 5.11 Å². The molecule has 1 N–H and O–H groups in total. The molecular weight excluding hydrogens is 392 g/mol. The summed E-state index contributed by atoms with van der Waals surface area (Å²) in [4.78, 5) is 4.41. The maximum absolute atomic E-state index is 9.52. The Bertz CT molecular complexity index is 939. The monoisotopic (exact) mass is 408 g/mol. The molecule has 136 valence electrons. The number of ether oxygens (including phenoxy) is 4. The average Bonchev–Trinajstić information content (AvgIpc) is 3.37. The summed E-state index contributed by atoms with van der Waals surface area (Å²) < 4.78 is 23.1. The van der Waals surface area contributed by atoms with Crippen molar-refractivity contribution >= 4 is 34.0 Å². The topological polar surface area (TPSA) is 57.2 Å². The second-order valence-electron chi connectivity index (χ2n) is 5.85. The minimum absolute atomic E-state index is 0.107. The maximum Gasteiger partial charge on any atom is 0.180 e. The third-order valence-corrected chi connectivity index (χ3v) is 7.62. The predicted octanol–water partition coefficient (Wildman–Crippen LogP) is 4.28. The number of hydrogen-bond acceptors (Lipinski definition) is 8. The zero-order chi connectivity index (χ0) is 17.5. The molecule has 0 saturated heterocycles. The van der Waals surface area contributed by atoms with E-state index in [1.54, 1.807) is 34.0 Å². The van der Waals surface area contributed by atoms with Gasteiger partial charge in [-0.05, 0) is 18.1 Å². The maximum atomic E-state index is 9.52. The Kier molecular flexibility index (Phi) is 4.28. The van der Waals surface area contributed by atoms with Crippen LogP contribution in [0.1, 0.15) is 5.56 Å². The van der Waals surface area contributed by atoms with Gasteiger partial charge in [-0.1, -0.05) is 0 Å². The first-order chi connectivity index (χ1) is 12.8. The summed E-state index contributed by atoms with van der Waals surface area (Å²) in [7, 11) is 0. The lowest BCUT2D eigenvalue weighted by Crippen LogP contribution is -2.14. The van der Waals surface area contributed by atoms with Gasteiger partial charge in [-0.25, -0.2) is 0 Å². The molecule has 0 aromatic carbocycles. The zero-order valence-electron chi connectivity index (χ0n) is 13.8. The van der Waals surface area contributed by atoms with Crippen molar-refractivity contribution in [2.24, 2.45) is 0 Å². The lowest BCUT2D eigenvalue weighted by molar-refractivity contribution is 0.174. The van der Waals surface area contributed by atoms with Gasteiger partial charge in [0.15, 0.2) is 23.0 Å². The van der Waals surface area contributed by atoms with Crippen LogP contribution in [0.4, 0.5) is 0 Å². The number of aliphatic hydroxyl groups excluding tert-OH is 1. The number of hydrogen-bond donors (Lipinski definition) is 1. The van der Waals surface area contributed by atoms with Crippen LogP contribution in [0.25, 0.3) is 19.5 Å². The minimum atomic E-state index is 0.107. The molecule has 3 aromatic rings. The number of aliphatic hydroxyl groups is 1. The summed E-state index contributed by atoms with van der Waals surface area (Å²) in [5.74, 6) is 3.28. The van der Waals surface area contributed by atoms with Gasteiger partial charge in [0, 0.05) is 22.2 Å². The van der Waals surface area contributed by atoms with Crippen LogP contribution in [0.3, 0.4) is 0 Å². The van der Waals surface area contributed by atoms with E-state index in [1.807, 2.05) is 10.8 Å². The van der Waals surface area contributed by atoms with Crippen LogP contribution < -0.4 is 18.9 Å². The van der Waals surface area contributed by atoms with Crippen molar-refractivity contribution in [2.75, 3.05) is 33.0 Å². The summed E-state index contributed by atoms with van der Waals surface area (Å²) in [6.07, 6.45) is 0.601. The summed E-state index contributed by atoms with van der Waals surface area (Å²) >= 11 is 4.95. The fourth-order valence-electron chi connectivity index (χ4n) is 3.09. The van der Waals surface area contributed by atoms with Crippen molar-refractivity contribution in [3.8, 4) is 42.5 Å². The van der Waals surface area contributed by atoms with E-state index in [0.717, 1.165) is 48.1 Å². The molecular formula is C18H16O5S3. The van der Waals surface area contributed by atoms with Gasteiger partial charge in [0.25, 0.3) is 0 Å². The van der Waals surface area contributed by atoms with E-state index in [2.05, 4.69) is 6.07 Å². The fourth-order valence-corrected chi connectivity index (χ4v) is 6.46. The quantitative estimate of drug-likeness (QED) is 0.698. The molecule has 0 unspecified atom stereocenters. The molecule has 5 nitrogen and oxygen atoms in total. The van der Waals surface area contributed by atoms with Crippen molar-refractivity contribution < 1.29 is 24.1 Å². The summed E-state index contributed by atoms with van der Waals surface area (Å²) in [5, 5.41) is 13.5. The number of fused-ring (bicyclic) bond motifs is 2. The molecule has 26 heavy (non-hydrogen) atoms. The van der Waals surface area contributed by atoms with Crippen LogP contribution in [0.15, 0.2) is 16.8 Å². The van der Waals surface area contributed by atoms with Crippen LogP contribution in [-0.4, -0.2) is 38.1 Å². The van der Waals surface area contributed by atoms with E-state index in [4.69, 9.17) is 18.9 Å². The first-order valence-electron chi connectivity index (χ1n) is 8.33. The predicted molar refractivity (Wildman–Crippen MR) is 104 cm³/mol. The molecule has 2 aliphatic rings. The molecule has 0 radical (unpaired) electrons. The van der Waals surface area contributed by atoms with E-state index in [1.165, 1.54) is 0 Å². The van der Waals surface area contributed by atoms with E-state index in [0.29, 0.717) is 32.8 Å². The van der Waals surface area contributed by atoms with Crippen LogP contribution in [0, 0.1) is 0 Å². The third-order valence-electron chi connectivity index (χ3n) is 4.22. The molecule has 0 spiro atoms. The van der Waals surface area contributed by atoms with Crippen molar-refractivity contribution in [1.82, 2.24) is 0 Å². The summed E-state index contributed by atoms with van der Waals surface area (Å²) in [6.45, 7) is 2.42. The standard InChI is InChI=1S/C18H16O5S3/c19-2-1-10-7-13(17-14-11(8-24-17)20-3-5-22-14)26-16(10)18-15-12(9-25-18)21-4-6-23-15/h7-9,19H,1-6H2. The van der Waals surface area contributed by atoms with Crippen LogP contribution >= 0.6 is 34.0 Å². The minimum Gasteiger partial charge on any atom is -0.485 e. The van der Waals surface area contributed by atoms with Gasteiger partial charge in [-0.3, -0.25) is 0 Å². The van der Waals surface area contributed by atoms with Gasteiger partial charge in [0.1, 0.15) is 26.4 Å². The fraction of sp³-hybridized carbons (Fsp3) is 0.333. The van der Waals surface area contributed by atoms with Crippen molar-refractivity contribution in [3.63, 3.8) is 0 Å². The Hall–Kier alpha value is -1.74. The Morgan fingerprint density at radius 3 is 2.12 bits per heavy atom. The van der Waals surface area contributed by atoms with Gasteiger partial charge < -0.3 is 24.1 Å². The molecule has 0 saturated carbocycles. The first-order valence-corrected chi connectivity index (χ1v) is 10.9. The largest absolute Gasteiger partial charge is 0.485 e. The third kappa shape index (κ3) is 2.68. The Morgan fingerprint density at radius 2 is 1.42 bits per heavy atom. The molecule has 0 amide bonds. The Balaban J connectivity index is 1.60. The molecule has 3 aromatic heterocycles. The first kappa shape index (κ1) is 16.4. The molecule has 0 atom stereocenters. The van der Waals surface area contributed by atoms with Gasteiger partial charge in [-0.2, -0.15) is 0 Å². The van der Waals surface area contributed by atoms with Crippen molar-refractivity contribution in [1.29, 1.82) is 0 Å². The van der Waals surface area contributed by atoms with Crippen LogP contribution in [0.2, 0.25) is 0 Å². The Labute approximate surface area is 162 Å². The molecule has 0 fully saturated rings. The molecule has 5 rings (SSSR count). The summed E-state index contributed by atoms with van der Waals surface area (Å²) in [6, 6.07) is 2.15. The number of thiophene rings is 3. The summed E-state index contributed by atoms with van der Waals surface area (Å²) in [5.41, 5.74) is 1.12. The van der Waals surface area contributed by atoms with Gasteiger partial charge in [-0.15, -0.1) is 34.0 Å². The molecule has 2 aliphatic heterocycles. The normalized spacial score (nSPS) is 15.3. The highest BCUT2D eigenvalue weighted by Gasteiger charge is 2.26. The van der Waals surface area contributed by atoms with Crippen molar-refractivity contribution in [2.45, 2.75) is 6.42 Å². The molecule has 5 heterocycles. The highest BCUT2D eigenvalue weighted by molar-refractivity contribution is 7.26. The van der Waals surface area contributed by atoms with E-state index < -0.39 is 0 Å². The molecule has 0 aliphatic carbocycles. The lowest BCUT2D eigenvalue weighted by Gasteiger charge is -2.16. The van der Waals surface area contributed by atoms with Gasteiger partial charge >= 0.3 is 0 Å². The molecule has 8 heteroatoms. The zero-order valence-corrected chi connectivity index (χ0v) is 16.2. The Morgan fingerprint density at radius 1 is 0.808 bits per heavy atom. The average molecular weight is 409 g/mol. The highest BCUT2D eigenvalue weighted by Crippen LogP contribution is 2.53.